The molecule has 0 spiro atoms. The van der Waals surface area contributed by atoms with Gasteiger partial charge in [-0.25, -0.2) is 17.9 Å². The molecular formula is C14H11FN2O2S. The molecule has 102 valence electrons. The lowest BCUT2D eigenvalue weighted by molar-refractivity contribution is 0.598. The van der Waals surface area contributed by atoms with Crippen LogP contribution in [0.15, 0.2) is 63.9 Å². The zero-order valence-corrected chi connectivity index (χ0v) is 11.2. The summed E-state index contributed by atoms with van der Waals surface area (Å²) in [5.74, 6) is -0.216. The van der Waals surface area contributed by atoms with Gasteiger partial charge in [-0.3, -0.25) is 4.99 Å². The third kappa shape index (κ3) is 2.23. The summed E-state index contributed by atoms with van der Waals surface area (Å²) < 4.78 is 35.6. The molecule has 0 bridgehead atoms. The fourth-order valence-corrected chi connectivity index (χ4v) is 2.73. The molecule has 0 aromatic heterocycles. The highest BCUT2D eigenvalue weighted by molar-refractivity contribution is 7.89. The molecule has 4 nitrogen and oxygen atoms in total. The first kappa shape index (κ1) is 13.0. The highest BCUT2D eigenvalue weighted by Gasteiger charge is 2.22. The summed E-state index contributed by atoms with van der Waals surface area (Å²) in [5, 5.41) is 5.06. The van der Waals surface area contributed by atoms with Gasteiger partial charge in [-0.15, -0.1) is 0 Å². The van der Waals surface area contributed by atoms with Gasteiger partial charge in [0.1, 0.15) is 5.83 Å². The van der Waals surface area contributed by atoms with Crippen LogP contribution in [-0.4, -0.2) is 14.1 Å². The maximum absolute atomic E-state index is 13.2. The number of rotatable bonds is 2. The molecule has 0 fully saturated rings. The van der Waals surface area contributed by atoms with Crippen molar-refractivity contribution in [2.75, 3.05) is 0 Å². The summed E-state index contributed by atoms with van der Waals surface area (Å²) in [4.78, 5) is 4.26. The van der Waals surface area contributed by atoms with Gasteiger partial charge in [-0.1, -0.05) is 12.1 Å². The molecule has 1 aromatic rings. The first-order valence-electron chi connectivity index (χ1n) is 5.92. The van der Waals surface area contributed by atoms with Crippen molar-refractivity contribution in [3.63, 3.8) is 0 Å². The van der Waals surface area contributed by atoms with E-state index < -0.39 is 10.0 Å². The van der Waals surface area contributed by atoms with Crippen molar-refractivity contribution in [1.29, 1.82) is 0 Å². The van der Waals surface area contributed by atoms with Crippen LogP contribution in [0, 0.1) is 0 Å². The Morgan fingerprint density at radius 3 is 2.45 bits per heavy atom. The van der Waals surface area contributed by atoms with Crippen LogP contribution >= 0.6 is 0 Å². The first-order valence-corrected chi connectivity index (χ1v) is 7.47. The Morgan fingerprint density at radius 1 is 1.10 bits per heavy atom. The van der Waals surface area contributed by atoms with Crippen molar-refractivity contribution < 1.29 is 12.8 Å². The Hall–Kier alpha value is -2.05. The van der Waals surface area contributed by atoms with Gasteiger partial charge in [0.2, 0.25) is 10.0 Å². The van der Waals surface area contributed by atoms with Gasteiger partial charge >= 0.3 is 0 Å². The number of hydrogen-bond acceptors (Lipinski definition) is 3. The van der Waals surface area contributed by atoms with E-state index in [1.165, 1.54) is 18.2 Å². The van der Waals surface area contributed by atoms with E-state index in [-0.39, 0.29) is 17.1 Å². The zero-order valence-electron chi connectivity index (χ0n) is 10.4. The van der Waals surface area contributed by atoms with Crippen molar-refractivity contribution in [3.8, 4) is 0 Å². The number of nitrogens with two attached hydrogens (primary N) is 1. The first-order chi connectivity index (χ1) is 9.45. The molecule has 1 aliphatic heterocycles. The van der Waals surface area contributed by atoms with E-state index in [2.05, 4.69) is 4.99 Å². The minimum atomic E-state index is -3.70. The maximum Gasteiger partial charge on any atom is 0.238 e. The molecular weight excluding hydrogens is 279 g/mol. The molecule has 1 heterocycles. The highest BCUT2D eigenvalue weighted by atomic mass is 32.2. The van der Waals surface area contributed by atoms with Crippen molar-refractivity contribution >= 4 is 21.3 Å². The summed E-state index contributed by atoms with van der Waals surface area (Å²) in [6.45, 7) is 0. The number of hydrogen-bond donors (Lipinski definition) is 1. The van der Waals surface area contributed by atoms with Crippen LogP contribution < -0.4 is 5.14 Å². The standard InChI is InChI=1S/C14H11FN2O2S/c15-10-3-6-12-13(8-17-14(12)7-10)9-1-4-11(5-2-9)20(16,18)19/h1-6,8H,7H2,(H2,16,18,19). The van der Waals surface area contributed by atoms with Crippen LogP contribution in [-0.2, 0) is 10.0 Å². The van der Waals surface area contributed by atoms with Crippen molar-refractivity contribution in [1.82, 2.24) is 0 Å². The molecule has 0 saturated carbocycles. The molecule has 2 N–H and O–H groups in total. The molecule has 1 aromatic carbocycles. The largest absolute Gasteiger partial charge is 0.260 e. The lowest BCUT2D eigenvalue weighted by Gasteiger charge is -2.11. The van der Waals surface area contributed by atoms with Gasteiger partial charge in [-0.2, -0.15) is 0 Å². The van der Waals surface area contributed by atoms with Crippen molar-refractivity contribution in [2.45, 2.75) is 11.3 Å². The average molecular weight is 290 g/mol. The minimum Gasteiger partial charge on any atom is -0.260 e. The monoisotopic (exact) mass is 290 g/mol. The summed E-state index contributed by atoms with van der Waals surface area (Å²) in [6.07, 6.45) is 4.97. The molecule has 1 aliphatic carbocycles. The predicted molar refractivity (Wildman–Crippen MR) is 75.1 cm³/mol. The lowest BCUT2D eigenvalue weighted by atomic mass is 9.93. The Kier molecular flexibility index (Phi) is 2.92. The number of benzene rings is 1. The van der Waals surface area contributed by atoms with E-state index in [0.717, 1.165) is 16.7 Å². The van der Waals surface area contributed by atoms with Gasteiger partial charge in [0.05, 0.1) is 10.6 Å². The Balaban J connectivity index is 1.96. The van der Waals surface area contributed by atoms with Crippen molar-refractivity contribution in [2.24, 2.45) is 10.1 Å². The van der Waals surface area contributed by atoms with Crippen LogP contribution in [0.2, 0.25) is 0 Å². The second-order valence-electron chi connectivity index (χ2n) is 4.56. The maximum atomic E-state index is 13.2. The van der Waals surface area contributed by atoms with Gasteiger partial charge in [0, 0.05) is 23.8 Å². The molecule has 0 unspecified atom stereocenters. The van der Waals surface area contributed by atoms with Crippen LogP contribution in [0.3, 0.4) is 0 Å². The van der Waals surface area contributed by atoms with E-state index in [1.54, 1.807) is 24.4 Å². The molecule has 0 amide bonds. The summed E-state index contributed by atoms with van der Waals surface area (Å²) in [7, 11) is -3.70. The number of halogens is 1. The van der Waals surface area contributed by atoms with Crippen LogP contribution in [0.4, 0.5) is 4.39 Å². The number of aliphatic imine (C=N–C) groups is 1. The number of fused-ring (bicyclic) bond motifs is 1. The molecule has 3 rings (SSSR count). The smallest absolute Gasteiger partial charge is 0.238 e. The molecule has 0 radical (unpaired) electrons. The van der Waals surface area contributed by atoms with Gasteiger partial charge in [0.25, 0.3) is 0 Å². The van der Waals surface area contributed by atoms with Crippen molar-refractivity contribution in [3.05, 3.63) is 59.6 Å². The van der Waals surface area contributed by atoms with Gasteiger partial charge < -0.3 is 0 Å². The van der Waals surface area contributed by atoms with E-state index in [4.69, 9.17) is 5.14 Å². The zero-order chi connectivity index (χ0) is 14.3. The molecule has 20 heavy (non-hydrogen) atoms. The Bertz CT molecular complexity index is 800. The normalized spacial score (nSPS) is 17.9. The highest BCUT2D eigenvalue weighted by Crippen LogP contribution is 2.34. The number of allylic oxidation sites excluding steroid dienone is 5. The fourth-order valence-electron chi connectivity index (χ4n) is 2.21. The Labute approximate surface area is 115 Å². The number of primary sulfonamides is 1. The van der Waals surface area contributed by atoms with Crippen LogP contribution in [0.5, 0.6) is 0 Å². The second-order valence-corrected chi connectivity index (χ2v) is 6.12. The second kappa shape index (κ2) is 4.50. The van der Waals surface area contributed by atoms with E-state index in [9.17, 15) is 12.8 Å². The SMILES string of the molecule is NS(=O)(=O)c1ccc(C2=CN=C3CC(F)=CC=C23)cc1. The van der Waals surface area contributed by atoms with E-state index >= 15 is 0 Å². The van der Waals surface area contributed by atoms with Gasteiger partial charge in [0.15, 0.2) is 0 Å². The minimum absolute atomic E-state index is 0.0598. The fraction of sp³-hybridized carbons (Fsp3) is 0.0714. The number of nitrogens with zero attached hydrogens (tertiary/aromatic N) is 1. The third-order valence-corrected chi connectivity index (χ3v) is 4.14. The van der Waals surface area contributed by atoms with Gasteiger partial charge in [-0.05, 0) is 29.8 Å². The number of sulfonamides is 1. The van der Waals surface area contributed by atoms with E-state index in [0.29, 0.717) is 5.71 Å². The predicted octanol–water partition coefficient (Wildman–Crippen LogP) is 2.31. The Morgan fingerprint density at radius 2 is 1.80 bits per heavy atom. The quantitative estimate of drug-likeness (QED) is 0.907. The molecule has 0 saturated heterocycles. The van der Waals surface area contributed by atoms with E-state index in [1.807, 2.05) is 0 Å². The lowest BCUT2D eigenvalue weighted by Crippen LogP contribution is -2.12. The summed E-state index contributed by atoms with van der Waals surface area (Å²) in [5.41, 5.74) is 3.23. The van der Waals surface area contributed by atoms with Crippen LogP contribution in [0.1, 0.15) is 12.0 Å². The molecule has 6 heteroatoms. The third-order valence-electron chi connectivity index (χ3n) is 3.21. The average Bonchev–Trinajstić information content (AvgIpc) is 2.80. The topological polar surface area (TPSA) is 72.5 Å². The molecule has 0 atom stereocenters. The summed E-state index contributed by atoms with van der Waals surface area (Å²) >= 11 is 0. The van der Waals surface area contributed by atoms with Crippen LogP contribution in [0.25, 0.3) is 5.57 Å². The molecule has 2 aliphatic rings. The summed E-state index contributed by atoms with van der Waals surface area (Å²) in [6, 6.07) is 6.23.